The van der Waals surface area contributed by atoms with Crippen molar-refractivity contribution in [3.05, 3.63) is 30.7 Å². The summed E-state index contributed by atoms with van der Waals surface area (Å²) in [5.74, 6) is 1.49. The van der Waals surface area contributed by atoms with E-state index in [4.69, 9.17) is 0 Å². The Morgan fingerprint density at radius 2 is 1.83 bits per heavy atom. The van der Waals surface area contributed by atoms with E-state index in [9.17, 15) is 0 Å². The largest absolute Gasteiger partial charge is 0.103 e. The first-order valence-corrected chi connectivity index (χ1v) is 4.46. The molecule has 0 heteroatoms. The molecule has 0 aliphatic heterocycles. The van der Waals surface area contributed by atoms with E-state index in [0.29, 0.717) is 0 Å². The van der Waals surface area contributed by atoms with Crippen molar-refractivity contribution in [1.82, 2.24) is 0 Å². The van der Waals surface area contributed by atoms with Crippen molar-refractivity contribution in [1.29, 1.82) is 0 Å². The molecular formula is C12H21. The Hall–Kier alpha value is -0.520. The van der Waals surface area contributed by atoms with Gasteiger partial charge in [0.25, 0.3) is 0 Å². The maximum absolute atomic E-state index is 3.90. The second kappa shape index (κ2) is 4.49. The summed E-state index contributed by atoms with van der Waals surface area (Å²) in [6.07, 6.45) is 4.19. The quantitative estimate of drug-likeness (QED) is 0.537. The highest BCUT2D eigenvalue weighted by Gasteiger charge is 2.17. The first-order chi connectivity index (χ1) is 5.37. The summed E-state index contributed by atoms with van der Waals surface area (Å²) in [5, 5.41) is 0. The molecule has 0 saturated heterocycles. The molecule has 0 amide bonds. The molecule has 0 aliphatic carbocycles. The van der Waals surface area contributed by atoms with Crippen LogP contribution in [0.5, 0.6) is 0 Å². The van der Waals surface area contributed by atoms with Crippen molar-refractivity contribution in [3.63, 3.8) is 0 Å². The summed E-state index contributed by atoms with van der Waals surface area (Å²) in [6, 6.07) is 0. The van der Waals surface area contributed by atoms with E-state index in [0.717, 1.165) is 12.8 Å². The molecule has 0 saturated carbocycles. The molecule has 12 heavy (non-hydrogen) atoms. The Labute approximate surface area is 77.4 Å². The number of rotatable bonds is 5. The van der Waals surface area contributed by atoms with Gasteiger partial charge in [-0.15, -0.1) is 13.2 Å². The van der Waals surface area contributed by atoms with Crippen molar-refractivity contribution < 1.29 is 0 Å². The maximum Gasteiger partial charge on any atom is -0.0172 e. The Morgan fingerprint density at radius 1 is 1.33 bits per heavy atom. The van der Waals surface area contributed by atoms with E-state index >= 15 is 0 Å². The smallest absolute Gasteiger partial charge is 0.0172 e. The van der Waals surface area contributed by atoms with Gasteiger partial charge in [-0.1, -0.05) is 32.4 Å². The molecule has 69 valence electrons. The topological polar surface area (TPSA) is 0 Å². The zero-order valence-electron chi connectivity index (χ0n) is 8.91. The van der Waals surface area contributed by atoms with Gasteiger partial charge in [0.2, 0.25) is 0 Å². The molecule has 1 radical (unpaired) electrons. The van der Waals surface area contributed by atoms with Crippen LogP contribution in [-0.4, -0.2) is 0 Å². The second-order valence-corrected chi connectivity index (χ2v) is 4.46. The van der Waals surface area contributed by atoms with Gasteiger partial charge in [0.05, 0.1) is 0 Å². The molecule has 0 rings (SSSR count). The van der Waals surface area contributed by atoms with Gasteiger partial charge >= 0.3 is 0 Å². The molecular weight excluding hydrogens is 144 g/mol. The van der Waals surface area contributed by atoms with Crippen molar-refractivity contribution >= 4 is 0 Å². The lowest BCUT2D eigenvalue weighted by Gasteiger charge is -2.23. The Balaban J connectivity index is 3.91. The van der Waals surface area contributed by atoms with E-state index in [-0.39, 0.29) is 5.41 Å². The fourth-order valence-electron chi connectivity index (χ4n) is 1.43. The van der Waals surface area contributed by atoms with Crippen LogP contribution in [0.4, 0.5) is 0 Å². The zero-order valence-corrected chi connectivity index (χ0v) is 8.91. The van der Waals surface area contributed by atoms with E-state index < -0.39 is 0 Å². The van der Waals surface area contributed by atoms with Crippen LogP contribution < -0.4 is 0 Å². The van der Waals surface area contributed by atoms with E-state index in [2.05, 4.69) is 40.9 Å². The fraction of sp³-hybridized carbons (Fsp3) is 0.583. The molecule has 0 N–H and O–H groups in total. The summed E-state index contributed by atoms with van der Waals surface area (Å²) in [7, 11) is 0. The molecule has 0 unspecified atom stereocenters. The Kier molecular flexibility index (Phi) is 4.30. The van der Waals surface area contributed by atoms with E-state index in [1.54, 1.807) is 0 Å². The molecule has 0 bridgehead atoms. The lowest BCUT2D eigenvalue weighted by atomic mass is 9.81. The van der Waals surface area contributed by atoms with Crippen LogP contribution in [0.15, 0.2) is 24.8 Å². The SMILES string of the molecule is C=CC(C)(C)C[C](C)CC(=C)C. The maximum atomic E-state index is 3.90. The van der Waals surface area contributed by atoms with Gasteiger partial charge in [-0.2, -0.15) is 0 Å². The number of hydrogen-bond acceptors (Lipinski definition) is 0. The first kappa shape index (κ1) is 11.5. The third-order valence-corrected chi connectivity index (χ3v) is 1.91. The average molecular weight is 165 g/mol. The summed E-state index contributed by atoms with van der Waals surface area (Å²) < 4.78 is 0. The van der Waals surface area contributed by atoms with Crippen molar-refractivity contribution in [2.24, 2.45) is 5.41 Å². The molecule has 0 fully saturated rings. The van der Waals surface area contributed by atoms with Crippen LogP contribution in [0, 0.1) is 11.3 Å². The number of allylic oxidation sites excluding steroid dienone is 2. The van der Waals surface area contributed by atoms with E-state index in [1.165, 1.54) is 11.5 Å². The summed E-state index contributed by atoms with van der Waals surface area (Å²) in [6.45, 7) is 16.4. The van der Waals surface area contributed by atoms with Crippen molar-refractivity contribution in [2.75, 3.05) is 0 Å². The molecule has 0 aliphatic rings. The standard InChI is InChI=1S/C12H21/c1-7-12(5,6)9-11(4)8-10(2)3/h7H,1-2,8-9H2,3-6H3. The van der Waals surface area contributed by atoms with Gasteiger partial charge < -0.3 is 0 Å². The molecule has 0 atom stereocenters. The highest BCUT2D eigenvalue weighted by atomic mass is 14.2. The van der Waals surface area contributed by atoms with E-state index in [1.807, 2.05) is 6.08 Å². The highest BCUT2D eigenvalue weighted by molar-refractivity contribution is 5.05. The molecule has 0 heterocycles. The van der Waals surface area contributed by atoms with Crippen molar-refractivity contribution in [3.8, 4) is 0 Å². The lowest BCUT2D eigenvalue weighted by Crippen LogP contribution is -2.11. The molecule has 0 nitrogen and oxygen atoms in total. The summed E-state index contributed by atoms with van der Waals surface area (Å²) >= 11 is 0. The van der Waals surface area contributed by atoms with Gasteiger partial charge in [0.15, 0.2) is 0 Å². The van der Waals surface area contributed by atoms with Crippen LogP contribution in [0.1, 0.15) is 40.5 Å². The van der Waals surface area contributed by atoms with Gasteiger partial charge in [0.1, 0.15) is 0 Å². The summed E-state index contributed by atoms with van der Waals surface area (Å²) in [4.78, 5) is 0. The minimum Gasteiger partial charge on any atom is -0.103 e. The third-order valence-electron chi connectivity index (χ3n) is 1.91. The average Bonchev–Trinajstić information content (AvgIpc) is 1.84. The monoisotopic (exact) mass is 165 g/mol. The molecule has 0 aromatic carbocycles. The van der Waals surface area contributed by atoms with Crippen molar-refractivity contribution in [2.45, 2.75) is 40.5 Å². The minimum atomic E-state index is 0.236. The molecule has 0 aromatic heterocycles. The minimum absolute atomic E-state index is 0.236. The summed E-state index contributed by atoms with van der Waals surface area (Å²) in [5.41, 5.74) is 1.48. The lowest BCUT2D eigenvalue weighted by molar-refractivity contribution is 0.443. The van der Waals surface area contributed by atoms with Gasteiger partial charge in [-0.05, 0) is 31.1 Å². The third kappa shape index (κ3) is 5.17. The number of hydrogen-bond donors (Lipinski definition) is 0. The molecule has 0 aromatic rings. The van der Waals surface area contributed by atoms with Crippen LogP contribution in [0.2, 0.25) is 0 Å². The zero-order chi connectivity index (χ0) is 9.78. The first-order valence-electron chi connectivity index (χ1n) is 4.46. The fourth-order valence-corrected chi connectivity index (χ4v) is 1.43. The Morgan fingerprint density at radius 3 is 2.17 bits per heavy atom. The second-order valence-electron chi connectivity index (χ2n) is 4.46. The Bertz CT molecular complexity index is 163. The van der Waals surface area contributed by atoms with Gasteiger partial charge in [-0.3, -0.25) is 0 Å². The molecule has 0 spiro atoms. The van der Waals surface area contributed by atoms with Crippen LogP contribution in [-0.2, 0) is 0 Å². The highest BCUT2D eigenvalue weighted by Crippen LogP contribution is 2.30. The van der Waals surface area contributed by atoms with Crippen LogP contribution >= 0.6 is 0 Å². The predicted molar refractivity (Wildman–Crippen MR) is 56.9 cm³/mol. The predicted octanol–water partition coefficient (Wildman–Crippen LogP) is 4.15. The van der Waals surface area contributed by atoms with Gasteiger partial charge in [0, 0.05) is 0 Å². The normalized spacial score (nSPS) is 11.8. The van der Waals surface area contributed by atoms with Gasteiger partial charge in [-0.25, -0.2) is 0 Å². The van der Waals surface area contributed by atoms with Crippen LogP contribution in [0.25, 0.3) is 0 Å². The van der Waals surface area contributed by atoms with Crippen LogP contribution in [0.3, 0.4) is 0 Å².